The molecule has 1 aliphatic heterocycles. The lowest BCUT2D eigenvalue weighted by Crippen LogP contribution is -2.19. The first kappa shape index (κ1) is 17.9. The maximum Gasteiger partial charge on any atom is 0.264 e. The van der Waals surface area contributed by atoms with Crippen molar-refractivity contribution in [3.63, 3.8) is 0 Å². The summed E-state index contributed by atoms with van der Waals surface area (Å²) < 4.78 is 10.4. The maximum absolute atomic E-state index is 12.1. The first-order valence-electron chi connectivity index (χ1n) is 7.98. The molecule has 0 unspecified atom stereocenters. The van der Waals surface area contributed by atoms with Crippen LogP contribution >= 0.6 is 11.8 Å². The summed E-state index contributed by atoms with van der Waals surface area (Å²) in [4.78, 5) is 17.1. The zero-order valence-electron chi connectivity index (χ0n) is 14.4. The summed E-state index contributed by atoms with van der Waals surface area (Å²) in [5.41, 5.74) is 1.42. The number of amidine groups is 1. The van der Waals surface area contributed by atoms with Crippen molar-refractivity contribution in [3.8, 4) is 17.2 Å². The number of hydrogen-bond donors (Lipinski definition) is 2. The molecule has 0 aromatic heterocycles. The number of rotatable bonds is 5. The molecule has 2 N–H and O–H groups in total. The van der Waals surface area contributed by atoms with E-state index in [1.807, 2.05) is 31.2 Å². The summed E-state index contributed by atoms with van der Waals surface area (Å²) in [6, 6.07) is 12.3. The van der Waals surface area contributed by atoms with Gasteiger partial charge in [-0.3, -0.25) is 4.79 Å². The minimum Gasteiger partial charge on any atom is -0.504 e. The molecule has 3 rings (SSSR count). The summed E-state index contributed by atoms with van der Waals surface area (Å²) in [6.45, 7) is 2.53. The fourth-order valence-electron chi connectivity index (χ4n) is 2.33. The third-order valence-corrected chi connectivity index (χ3v) is 4.44. The number of nitrogens with zero attached hydrogens (tertiary/aromatic N) is 1. The molecule has 1 saturated heterocycles. The summed E-state index contributed by atoms with van der Waals surface area (Å²) in [5.74, 6) is 0.955. The molecule has 0 bridgehead atoms. The summed E-state index contributed by atoms with van der Waals surface area (Å²) in [6.07, 6.45) is 1.69. The van der Waals surface area contributed by atoms with E-state index in [0.29, 0.717) is 28.0 Å². The van der Waals surface area contributed by atoms with E-state index in [1.54, 1.807) is 24.3 Å². The average molecular weight is 370 g/mol. The van der Waals surface area contributed by atoms with E-state index in [2.05, 4.69) is 10.3 Å². The minimum absolute atomic E-state index is 0.0218. The van der Waals surface area contributed by atoms with E-state index in [-0.39, 0.29) is 11.7 Å². The molecule has 6 nitrogen and oxygen atoms in total. The average Bonchev–Trinajstić information content (AvgIpc) is 2.96. The van der Waals surface area contributed by atoms with Gasteiger partial charge in [-0.15, -0.1) is 0 Å². The molecule has 1 fully saturated rings. The van der Waals surface area contributed by atoms with E-state index < -0.39 is 0 Å². The number of carbonyl (C=O) groups is 1. The number of thioether (sulfide) groups is 1. The zero-order chi connectivity index (χ0) is 18.5. The van der Waals surface area contributed by atoms with Gasteiger partial charge >= 0.3 is 0 Å². The van der Waals surface area contributed by atoms with Crippen LogP contribution in [0.2, 0.25) is 0 Å². The van der Waals surface area contributed by atoms with Gasteiger partial charge in [-0.1, -0.05) is 6.07 Å². The molecule has 7 heteroatoms. The first-order chi connectivity index (χ1) is 12.6. The number of aromatic hydroxyl groups is 1. The fraction of sp³-hybridized carbons (Fsp3) is 0.158. The molecular formula is C19H18N2O4S. The number of carbonyl (C=O) groups excluding carboxylic acids is 1. The Morgan fingerprint density at radius 2 is 2.00 bits per heavy atom. The molecule has 0 atom stereocenters. The number of amides is 1. The van der Waals surface area contributed by atoms with Gasteiger partial charge in [0.2, 0.25) is 0 Å². The van der Waals surface area contributed by atoms with Crippen LogP contribution < -0.4 is 14.8 Å². The molecular weight excluding hydrogens is 352 g/mol. The number of benzene rings is 2. The van der Waals surface area contributed by atoms with Crippen LogP contribution in [0.1, 0.15) is 12.5 Å². The number of hydrogen-bond acceptors (Lipinski definition) is 6. The van der Waals surface area contributed by atoms with Crippen LogP contribution in [0.5, 0.6) is 17.2 Å². The van der Waals surface area contributed by atoms with Crippen LogP contribution in [0.4, 0.5) is 5.69 Å². The molecule has 1 amide bonds. The highest BCUT2D eigenvalue weighted by Crippen LogP contribution is 2.31. The highest BCUT2D eigenvalue weighted by Gasteiger charge is 2.23. The number of phenolic OH excluding ortho intramolecular Hbond substituents is 1. The van der Waals surface area contributed by atoms with Crippen LogP contribution in [-0.2, 0) is 4.79 Å². The lowest BCUT2D eigenvalue weighted by molar-refractivity contribution is -0.115. The number of aliphatic imine (C=N–C) groups is 1. The van der Waals surface area contributed by atoms with Gasteiger partial charge in [-0.2, -0.15) is 0 Å². The van der Waals surface area contributed by atoms with Crippen molar-refractivity contribution in [2.75, 3.05) is 13.7 Å². The van der Waals surface area contributed by atoms with Gasteiger partial charge in [0.15, 0.2) is 16.7 Å². The van der Waals surface area contributed by atoms with Crippen molar-refractivity contribution in [2.24, 2.45) is 4.99 Å². The Labute approximate surface area is 155 Å². The number of phenols is 1. The summed E-state index contributed by atoms with van der Waals surface area (Å²) in [7, 11) is 1.48. The monoisotopic (exact) mass is 370 g/mol. The largest absolute Gasteiger partial charge is 0.504 e. The van der Waals surface area contributed by atoms with Crippen molar-refractivity contribution in [1.29, 1.82) is 0 Å². The minimum atomic E-state index is -0.227. The number of ether oxygens (including phenoxy) is 2. The predicted molar refractivity (Wildman–Crippen MR) is 103 cm³/mol. The number of methoxy groups -OCH3 is 1. The van der Waals surface area contributed by atoms with Gasteiger partial charge in [0.25, 0.3) is 5.91 Å². The van der Waals surface area contributed by atoms with Crippen molar-refractivity contribution >= 4 is 34.6 Å². The molecule has 0 saturated carbocycles. The van der Waals surface area contributed by atoms with Gasteiger partial charge in [0.05, 0.1) is 24.3 Å². The highest BCUT2D eigenvalue weighted by molar-refractivity contribution is 8.18. The van der Waals surface area contributed by atoms with E-state index in [4.69, 9.17) is 9.47 Å². The van der Waals surface area contributed by atoms with Crippen LogP contribution in [0.3, 0.4) is 0 Å². The van der Waals surface area contributed by atoms with Crippen molar-refractivity contribution < 1.29 is 19.4 Å². The van der Waals surface area contributed by atoms with Gasteiger partial charge in [0.1, 0.15) is 5.75 Å². The normalized spacial score (nSPS) is 16.8. The molecule has 1 aliphatic rings. The molecule has 2 aromatic rings. The SMILES string of the molecule is CCOc1ccc(N=C2NC(=O)/C(=C\c3ccc(OC)c(O)c3)S2)cc1. The Hall–Kier alpha value is -2.93. The molecule has 26 heavy (non-hydrogen) atoms. The molecule has 0 aliphatic carbocycles. The standard InChI is InChI=1S/C19H18N2O4S/c1-3-25-14-7-5-13(6-8-14)20-19-21-18(23)17(26-19)11-12-4-9-16(24-2)15(22)10-12/h4-11,22H,3H2,1-2H3,(H,20,21,23)/b17-11+. The molecule has 0 spiro atoms. The number of nitrogens with one attached hydrogen (secondary N) is 1. The summed E-state index contributed by atoms with van der Waals surface area (Å²) >= 11 is 1.25. The van der Waals surface area contributed by atoms with E-state index in [9.17, 15) is 9.90 Å². The quantitative estimate of drug-likeness (QED) is 0.785. The second-order valence-electron chi connectivity index (χ2n) is 5.34. The van der Waals surface area contributed by atoms with E-state index in [1.165, 1.54) is 18.9 Å². The third-order valence-electron chi connectivity index (χ3n) is 3.53. The van der Waals surface area contributed by atoms with Gasteiger partial charge in [-0.25, -0.2) is 4.99 Å². The van der Waals surface area contributed by atoms with E-state index >= 15 is 0 Å². The highest BCUT2D eigenvalue weighted by atomic mass is 32.2. The second-order valence-corrected chi connectivity index (χ2v) is 6.37. The van der Waals surface area contributed by atoms with Crippen molar-refractivity contribution in [1.82, 2.24) is 5.32 Å². The Bertz CT molecular complexity index is 876. The topological polar surface area (TPSA) is 80.2 Å². The second kappa shape index (κ2) is 7.97. The van der Waals surface area contributed by atoms with Crippen molar-refractivity contribution in [3.05, 3.63) is 52.9 Å². The van der Waals surface area contributed by atoms with Crippen LogP contribution in [0, 0.1) is 0 Å². The van der Waals surface area contributed by atoms with Crippen molar-refractivity contribution in [2.45, 2.75) is 6.92 Å². The summed E-state index contributed by atoms with van der Waals surface area (Å²) in [5, 5.41) is 13.1. The van der Waals surface area contributed by atoms with Crippen LogP contribution in [0.15, 0.2) is 52.4 Å². The third kappa shape index (κ3) is 4.18. The lowest BCUT2D eigenvalue weighted by atomic mass is 10.2. The van der Waals surface area contributed by atoms with Gasteiger partial charge in [-0.05, 0) is 66.7 Å². The molecule has 134 valence electrons. The first-order valence-corrected chi connectivity index (χ1v) is 8.80. The molecule has 1 heterocycles. The fourth-order valence-corrected chi connectivity index (χ4v) is 3.17. The van der Waals surface area contributed by atoms with Gasteiger partial charge < -0.3 is 19.9 Å². The van der Waals surface area contributed by atoms with Crippen LogP contribution in [-0.4, -0.2) is 29.9 Å². The Balaban J connectivity index is 1.76. The zero-order valence-corrected chi connectivity index (χ0v) is 15.2. The Kier molecular flexibility index (Phi) is 5.48. The Morgan fingerprint density at radius 1 is 1.23 bits per heavy atom. The lowest BCUT2D eigenvalue weighted by Gasteiger charge is -2.03. The van der Waals surface area contributed by atoms with E-state index in [0.717, 1.165) is 11.4 Å². The molecule has 2 aromatic carbocycles. The Morgan fingerprint density at radius 3 is 2.65 bits per heavy atom. The smallest absolute Gasteiger partial charge is 0.264 e. The van der Waals surface area contributed by atoms with Gasteiger partial charge in [0, 0.05) is 0 Å². The molecule has 0 radical (unpaired) electrons. The van der Waals surface area contributed by atoms with Crippen LogP contribution in [0.25, 0.3) is 6.08 Å². The predicted octanol–water partition coefficient (Wildman–Crippen LogP) is 3.69. The maximum atomic E-state index is 12.1.